The number of carbonyl (C=O) groups excluding carboxylic acids is 2. The van der Waals surface area contributed by atoms with Gasteiger partial charge in [-0.2, -0.15) is 0 Å². The first-order valence-electron chi connectivity index (χ1n) is 9.78. The van der Waals surface area contributed by atoms with Crippen LogP contribution in [0.3, 0.4) is 0 Å². The Morgan fingerprint density at radius 2 is 1.72 bits per heavy atom. The Morgan fingerprint density at radius 3 is 2.34 bits per heavy atom. The molecule has 1 N–H and O–H groups in total. The molecule has 0 saturated heterocycles. The van der Waals surface area contributed by atoms with Crippen molar-refractivity contribution in [3.63, 3.8) is 0 Å². The average Bonchev–Trinajstić information content (AvgIpc) is 2.70. The zero-order valence-electron chi connectivity index (χ0n) is 17.4. The maximum Gasteiger partial charge on any atom is 0.261 e. The molecule has 1 atom stereocenters. The number of aryl methyl sites for hydroxylation is 1. The normalized spacial score (nSPS) is 11.8. The minimum Gasteiger partial charge on any atom is -0.484 e. The number of nitrogens with one attached hydrogen (secondary N) is 1. The number of benzene rings is 2. The zero-order chi connectivity index (χ0) is 21.4. The predicted octanol–water partition coefficient (Wildman–Crippen LogP) is 4.22. The first kappa shape index (κ1) is 22.8. The van der Waals surface area contributed by atoms with E-state index in [4.69, 9.17) is 16.3 Å². The van der Waals surface area contributed by atoms with Crippen molar-refractivity contribution < 1.29 is 14.3 Å². The second-order valence-electron chi connectivity index (χ2n) is 7.51. The minimum absolute atomic E-state index is 0.157. The highest BCUT2D eigenvalue weighted by Crippen LogP contribution is 2.17. The van der Waals surface area contributed by atoms with E-state index in [-0.39, 0.29) is 18.4 Å². The van der Waals surface area contributed by atoms with E-state index in [1.807, 2.05) is 45.0 Å². The van der Waals surface area contributed by atoms with E-state index in [0.717, 1.165) is 11.1 Å². The van der Waals surface area contributed by atoms with Crippen LogP contribution in [0.5, 0.6) is 5.75 Å². The summed E-state index contributed by atoms with van der Waals surface area (Å²) in [6, 6.07) is 14.0. The molecule has 29 heavy (non-hydrogen) atoms. The molecule has 2 aromatic rings. The third-order valence-electron chi connectivity index (χ3n) is 4.63. The Bertz CT molecular complexity index is 821. The highest BCUT2D eigenvalue weighted by atomic mass is 35.5. The summed E-state index contributed by atoms with van der Waals surface area (Å²) in [7, 11) is 0. The number of amides is 2. The first-order chi connectivity index (χ1) is 13.8. The van der Waals surface area contributed by atoms with Gasteiger partial charge in [0.25, 0.3) is 5.91 Å². The lowest BCUT2D eigenvalue weighted by Gasteiger charge is -2.29. The second kappa shape index (κ2) is 10.9. The average molecular weight is 417 g/mol. The van der Waals surface area contributed by atoms with Crippen molar-refractivity contribution in [3.8, 4) is 5.75 Å². The Kier molecular flexibility index (Phi) is 8.52. The van der Waals surface area contributed by atoms with Crippen molar-refractivity contribution in [1.82, 2.24) is 10.2 Å². The molecule has 0 aliphatic rings. The van der Waals surface area contributed by atoms with Gasteiger partial charge < -0.3 is 15.0 Å². The smallest absolute Gasteiger partial charge is 0.261 e. The summed E-state index contributed by atoms with van der Waals surface area (Å²) in [5, 5.41) is 3.51. The van der Waals surface area contributed by atoms with Crippen LogP contribution < -0.4 is 10.1 Å². The Labute approximate surface area is 178 Å². The van der Waals surface area contributed by atoms with Gasteiger partial charge in [-0.3, -0.25) is 9.59 Å². The van der Waals surface area contributed by atoms with Crippen LogP contribution in [0.15, 0.2) is 48.5 Å². The molecule has 2 aromatic carbocycles. The van der Waals surface area contributed by atoms with Gasteiger partial charge in [0.05, 0.1) is 0 Å². The van der Waals surface area contributed by atoms with E-state index in [2.05, 4.69) is 5.32 Å². The molecule has 0 aliphatic carbocycles. The van der Waals surface area contributed by atoms with Crippen molar-refractivity contribution in [2.75, 3.05) is 13.2 Å². The summed E-state index contributed by atoms with van der Waals surface area (Å²) in [5.41, 5.74) is 2.06. The minimum atomic E-state index is -0.616. The lowest BCUT2D eigenvalue weighted by molar-refractivity contribution is -0.142. The van der Waals surface area contributed by atoms with Gasteiger partial charge in [-0.25, -0.2) is 0 Å². The molecule has 0 fully saturated rings. The summed E-state index contributed by atoms with van der Waals surface area (Å²) in [6.45, 7) is 8.54. The molecular formula is C23H29ClN2O3. The van der Waals surface area contributed by atoms with E-state index in [0.29, 0.717) is 29.8 Å². The SMILES string of the molecule is Cc1ccccc1CN(C(=O)COc1ccc(Cl)cc1)C(C)C(=O)NCC(C)C. The molecule has 0 bridgehead atoms. The largest absolute Gasteiger partial charge is 0.484 e. The van der Waals surface area contributed by atoms with Crippen LogP contribution in [0, 0.1) is 12.8 Å². The molecular weight excluding hydrogens is 388 g/mol. The van der Waals surface area contributed by atoms with Crippen molar-refractivity contribution >= 4 is 23.4 Å². The van der Waals surface area contributed by atoms with Crippen LogP contribution in [0.25, 0.3) is 0 Å². The van der Waals surface area contributed by atoms with Crippen LogP contribution in [0.1, 0.15) is 31.9 Å². The Morgan fingerprint density at radius 1 is 1.07 bits per heavy atom. The van der Waals surface area contributed by atoms with Gasteiger partial charge in [0.2, 0.25) is 5.91 Å². The molecule has 0 spiro atoms. The highest BCUT2D eigenvalue weighted by molar-refractivity contribution is 6.30. The van der Waals surface area contributed by atoms with E-state index < -0.39 is 6.04 Å². The zero-order valence-corrected chi connectivity index (χ0v) is 18.2. The summed E-state index contributed by atoms with van der Waals surface area (Å²) in [5.74, 6) is 0.456. The van der Waals surface area contributed by atoms with E-state index in [1.165, 1.54) is 0 Å². The molecule has 0 radical (unpaired) electrons. The molecule has 0 saturated carbocycles. The van der Waals surface area contributed by atoms with Gasteiger partial charge in [0.15, 0.2) is 6.61 Å². The third kappa shape index (κ3) is 7.09. The second-order valence-corrected chi connectivity index (χ2v) is 7.94. The van der Waals surface area contributed by atoms with E-state index >= 15 is 0 Å². The van der Waals surface area contributed by atoms with Gasteiger partial charge in [0.1, 0.15) is 11.8 Å². The van der Waals surface area contributed by atoms with E-state index in [9.17, 15) is 9.59 Å². The van der Waals surface area contributed by atoms with Crippen LogP contribution in [-0.2, 0) is 16.1 Å². The number of nitrogens with zero attached hydrogens (tertiary/aromatic N) is 1. The Balaban J connectivity index is 2.13. The number of hydrogen-bond donors (Lipinski definition) is 1. The van der Waals surface area contributed by atoms with Gasteiger partial charge in [-0.1, -0.05) is 49.7 Å². The molecule has 1 unspecified atom stereocenters. The van der Waals surface area contributed by atoms with Crippen LogP contribution in [0.2, 0.25) is 5.02 Å². The highest BCUT2D eigenvalue weighted by Gasteiger charge is 2.26. The van der Waals surface area contributed by atoms with Crippen LogP contribution in [0.4, 0.5) is 0 Å². The summed E-state index contributed by atoms with van der Waals surface area (Å²) in [4.78, 5) is 27.2. The van der Waals surface area contributed by atoms with Gasteiger partial charge in [-0.15, -0.1) is 0 Å². The molecule has 0 aliphatic heterocycles. The first-order valence-corrected chi connectivity index (χ1v) is 10.2. The number of ether oxygens (including phenoxy) is 1. The summed E-state index contributed by atoms with van der Waals surface area (Å²) in [6.07, 6.45) is 0. The monoisotopic (exact) mass is 416 g/mol. The van der Waals surface area contributed by atoms with Crippen molar-refractivity contribution in [1.29, 1.82) is 0 Å². The van der Waals surface area contributed by atoms with Crippen LogP contribution in [-0.4, -0.2) is 35.9 Å². The van der Waals surface area contributed by atoms with Crippen molar-refractivity contribution in [3.05, 3.63) is 64.7 Å². The maximum absolute atomic E-state index is 13.0. The summed E-state index contributed by atoms with van der Waals surface area (Å²) >= 11 is 5.88. The molecule has 2 amide bonds. The lowest BCUT2D eigenvalue weighted by atomic mass is 10.1. The quantitative estimate of drug-likeness (QED) is 0.665. The van der Waals surface area contributed by atoms with E-state index in [1.54, 1.807) is 36.1 Å². The van der Waals surface area contributed by atoms with Crippen LogP contribution >= 0.6 is 11.6 Å². The fourth-order valence-electron chi connectivity index (χ4n) is 2.76. The summed E-state index contributed by atoms with van der Waals surface area (Å²) < 4.78 is 5.62. The molecule has 6 heteroatoms. The van der Waals surface area contributed by atoms with Crippen molar-refractivity contribution in [2.24, 2.45) is 5.92 Å². The predicted molar refractivity (Wildman–Crippen MR) is 116 cm³/mol. The number of halogens is 1. The molecule has 0 heterocycles. The molecule has 2 rings (SSSR count). The fourth-order valence-corrected chi connectivity index (χ4v) is 2.89. The third-order valence-corrected chi connectivity index (χ3v) is 4.88. The standard InChI is InChI=1S/C23H29ClN2O3/c1-16(2)13-25-23(28)18(4)26(14-19-8-6-5-7-17(19)3)22(27)15-29-21-11-9-20(24)10-12-21/h5-12,16,18H,13-15H2,1-4H3,(H,25,28). The van der Waals surface area contributed by atoms with Gasteiger partial charge in [0, 0.05) is 18.1 Å². The lowest BCUT2D eigenvalue weighted by Crippen LogP contribution is -2.49. The fraction of sp³-hybridized carbons (Fsp3) is 0.391. The van der Waals surface area contributed by atoms with Gasteiger partial charge >= 0.3 is 0 Å². The number of carbonyl (C=O) groups is 2. The Hall–Kier alpha value is -2.53. The molecule has 156 valence electrons. The topological polar surface area (TPSA) is 58.6 Å². The van der Waals surface area contributed by atoms with Crippen molar-refractivity contribution in [2.45, 2.75) is 40.3 Å². The number of hydrogen-bond acceptors (Lipinski definition) is 3. The molecule has 0 aromatic heterocycles. The maximum atomic E-state index is 13.0. The number of rotatable bonds is 9. The molecule has 5 nitrogen and oxygen atoms in total. The van der Waals surface area contributed by atoms with Gasteiger partial charge in [-0.05, 0) is 55.2 Å².